The van der Waals surface area contributed by atoms with E-state index in [9.17, 15) is 0 Å². The molecule has 0 radical (unpaired) electrons. The third kappa shape index (κ3) is 2.61. The highest BCUT2D eigenvalue weighted by Gasteiger charge is 1.96. The molecule has 0 amide bonds. The molecule has 0 N–H and O–H groups in total. The van der Waals surface area contributed by atoms with Crippen LogP contribution in [0.15, 0.2) is 54.6 Å². The van der Waals surface area contributed by atoms with Gasteiger partial charge in [-0.3, -0.25) is 0 Å². The second kappa shape index (κ2) is 5.01. The molecule has 0 aliphatic heterocycles. The number of hydrogen-bond acceptors (Lipinski definition) is 2. The van der Waals surface area contributed by atoms with Crippen LogP contribution in [0.5, 0.6) is 0 Å². The van der Waals surface area contributed by atoms with E-state index >= 15 is 0 Å². The highest BCUT2D eigenvalue weighted by atomic mass is 32.1. The van der Waals surface area contributed by atoms with Crippen LogP contribution in [0.25, 0.3) is 11.1 Å². The fraction of sp³-hybridized carbons (Fsp3) is 0.0769. The second-order valence-electron chi connectivity index (χ2n) is 3.34. The van der Waals surface area contributed by atoms with Gasteiger partial charge in [0.1, 0.15) is 0 Å². The Hall–Kier alpha value is -1.25. The molecule has 0 fully saturated rings. The summed E-state index contributed by atoms with van der Waals surface area (Å²) in [7, 11) is 0. The normalized spacial score (nSPS) is 10.2. The van der Waals surface area contributed by atoms with Crippen LogP contribution in [0.4, 0.5) is 0 Å². The van der Waals surface area contributed by atoms with Crippen molar-refractivity contribution in [3.05, 3.63) is 60.2 Å². The highest BCUT2D eigenvalue weighted by molar-refractivity contribution is 7.75. The maximum Gasteiger partial charge on any atom is 0.0861 e. The summed E-state index contributed by atoms with van der Waals surface area (Å²) < 4.78 is 4.77. The maximum atomic E-state index is 4.77. The monoisotopic (exact) mass is 216 g/mol. The van der Waals surface area contributed by atoms with Crippen molar-refractivity contribution in [3.63, 3.8) is 0 Å². The average molecular weight is 216 g/mol. The molecule has 15 heavy (non-hydrogen) atoms. The standard InChI is InChI=1S/C13H12OS/c15-14-10-11-6-8-13(9-7-11)12-4-2-1-3-5-12/h1-9,15H,10H2. The third-order valence-electron chi connectivity index (χ3n) is 2.29. The van der Waals surface area contributed by atoms with Gasteiger partial charge in [0, 0.05) is 0 Å². The Morgan fingerprint density at radius 1 is 0.800 bits per heavy atom. The molecule has 2 aromatic carbocycles. The zero-order valence-corrected chi connectivity index (χ0v) is 9.15. The van der Waals surface area contributed by atoms with Gasteiger partial charge >= 0.3 is 0 Å². The van der Waals surface area contributed by atoms with Crippen molar-refractivity contribution < 1.29 is 4.18 Å². The van der Waals surface area contributed by atoms with Gasteiger partial charge in [0.15, 0.2) is 0 Å². The Kier molecular flexibility index (Phi) is 3.43. The molecule has 0 saturated carbocycles. The highest BCUT2D eigenvalue weighted by Crippen LogP contribution is 2.19. The fourth-order valence-corrected chi connectivity index (χ4v) is 1.65. The largest absolute Gasteiger partial charge is 0.314 e. The summed E-state index contributed by atoms with van der Waals surface area (Å²) in [5.41, 5.74) is 3.58. The molecular formula is C13H12OS. The van der Waals surface area contributed by atoms with Crippen LogP contribution in [0.2, 0.25) is 0 Å². The fourth-order valence-electron chi connectivity index (χ4n) is 1.50. The van der Waals surface area contributed by atoms with Crippen LogP contribution in [0.3, 0.4) is 0 Å². The summed E-state index contributed by atoms with van der Waals surface area (Å²) in [6.07, 6.45) is 0. The van der Waals surface area contributed by atoms with E-state index in [-0.39, 0.29) is 0 Å². The van der Waals surface area contributed by atoms with Crippen molar-refractivity contribution in [2.45, 2.75) is 6.61 Å². The van der Waals surface area contributed by atoms with Gasteiger partial charge in [-0.05, 0) is 29.6 Å². The predicted octanol–water partition coefficient (Wildman–Crippen LogP) is 3.72. The molecule has 0 aliphatic carbocycles. The first-order valence-electron chi connectivity index (χ1n) is 4.81. The van der Waals surface area contributed by atoms with Crippen molar-refractivity contribution in [2.75, 3.05) is 0 Å². The lowest BCUT2D eigenvalue weighted by Crippen LogP contribution is -1.84. The minimum absolute atomic E-state index is 0.540. The van der Waals surface area contributed by atoms with Gasteiger partial charge in [-0.2, -0.15) is 0 Å². The topological polar surface area (TPSA) is 9.23 Å². The lowest BCUT2D eigenvalue weighted by Gasteiger charge is -2.03. The minimum Gasteiger partial charge on any atom is -0.314 e. The molecule has 0 unspecified atom stereocenters. The van der Waals surface area contributed by atoms with Crippen LogP contribution < -0.4 is 0 Å². The SMILES string of the molecule is SOCc1ccc(-c2ccccc2)cc1. The second-order valence-corrected chi connectivity index (χ2v) is 3.59. The Bertz CT molecular complexity index is 408. The van der Waals surface area contributed by atoms with Crippen LogP contribution in [-0.4, -0.2) is 0 Å². The van der Waals surface area contributed by atoms with Crippen molar-refractivity contribution in [1.29, 1.82) is 0 Å². The Labute approximate surface area is 95.3 Å². The van der Waals surface area contributed by atoms with E-state index in [1.54, 1.807) is 0 Å². The van der Waals surface area contributed by atoms with Gasteiger partial charge in [-0.1, -0.05) is 54.6 Å². The number of thiol groups is 1. The van der Waals surface area contributed by atoms with Crippen molar-refractivity contribution in [2.24, 2.45) is 0 Å². The summed E-state index contributed by atoms with van der Waals surface area (Å²) in [6, 6.07) is 18.6. The van der Waals surface area contributed by atoms with Gasteiger partial charge < -0.3 is 4.18 Å². The third-order valence-corrected chi connectivity index (χ3v) is 2.42. The van der Waals surface area contributed by atoms with Crippen molar-refractivity contribution in [1.82, 2.24) is 0 Å². The first-order valence-corrected chi connectivity index (χ1v) is 5.17. The predicted molar refractivity (Wildman–Crippen MR) is 65.7 cm³/mol. The van der Waals surface area contributed by atoms with E-state index < -0.39 is 0 Å². The smallest absolute Gasteiger partial charge is 0.0861 e. The number of rotatable bonds is 3. The molecule has 0 aliphatic rings. The average Bonchev–Trinajstić information content (AvgIpc) is 2.32. The first-order chi connectivity index (χ1) is 7.40. The molecule has 0 heterocycles. The summed E-state index contributed by atoms with van der Waals surface area (Å²) in [4.78, 5) is 0. The molecule has 1 nitrogen and oxygen atoms in total. The zero-order valence-electron chi connectivity index (χ0n) is 8.26. The van der Waals surface area contributed by atoms with Crippen LogP contribution in [-0.2, 0) is 10.8 Å². The molecule has 0 aromatic heterocycles. The Morgan fingerprint density at radius 2 is 1.40 bits per heavy atom. The van der Waals surface area contributed by atoms with Crippen molar-refractivity contribution in [3.8, 4) is 11.1 Å². The molecule has 2 aromatic rings. The molecule has 2 rings (SSSR count). The number of hydrogen-bond donors (Lipinski definition) is 1. The van der Waals surface area contributed by atoms with E-state index in [4.69, 9.17) is 4.18 Å². The molecule has 76 valence electrons. The van der Waals surface area contributed by atoms with Crippen LogP contribution in [0, 0.1) is 0 Å². The van der Waals surface area contributed by atoms with E-state index in [0.29, 0.717) is 6.61 Å². The van der Waals surface area contributed by atoms with Gasteiger partial charge in [-0.15, -0.1) is 0 Å². The molecule has 0 saturated heterocycles. The van der Waals surface area contributed by atoms with Gasteiger partial charge in [0.05, 0.1) is 6.61 Å². The Balaban J connectivity index is 2.24. The van der Waals surface area contributed by atoms with Gasteiger partial charge in [-0.25, -0.2) is 0 Å². The summed E-state index contributed by atoms with van der Waals surface area (Å²) in [5, 5.41) is 0. The van der Waals surface area contributed by atoms with E-state index in [1.807, 2.05) is 18.2 Å². The lowest BCUT2D eigenvalue weighted by molar-refractivity contribution is 0.372. The van der Waals surface area contributed by atoms with E-state index in [2.05, 4.69) is 49.3 Å². The van der Waals surface area contributed by atoms with Gasteiger partial charge in [0.25, 0.3) is 0 Å². The molecule has 0 bridgehead atoms. The summed E-state index contributed by atoms with van der Waals surface area (Å²) in [6.45, 7) is 0.540. The summed E-state index contributed by atoms with van der Waals surface area (Å²) >= 11 is 3.73. The van der Waals surface area contributed by atoms with Crippen LogP contribution >= 0.6 is 12.9 Å². The molecule has 0 atom stereocenters. The first kappa shape index (κ1) is 10.3. The van der Waals surface area contributed by atoms with Crippen molar-refractivity contribution >= 4 is 12.9 Å². The Morgan fingerprint density at radius 3 is 2.00 bits per heavy atom. The minimum atomic E-state index is 0.540. The van der Waals surface area contributed by atoms with Crippen LogP contribution in [0.1, 0.15) is 5.56 Å². The van der Waals surface area contributed by atoms with E-state index in [1.165, 1.54) is 11.1 Å². The maximum absolute atomic E-state index is 4.77. The zero-order chi connectivity index (χ0) is 10.5. The van der Waals surface area contributed by atoms with Gasteiger partial charge in [0.2, 0.25) is 0 Å². The number of benzene rings is 2. The molecular weight excluding hydrogens is 204 g/mol. The molecule has 0 spiro atoms. The molecule has 2 heteroatoms. The lowest BCUT2D eigenvalue weighted by atomic mass is 10.0. The quantitative estimate of drug-likeness (QED) is 0.607. The summed E-state index contributed by atoms with van der Waals surface area (Å²) in [5.74, 6) is 0. The van der Waals surface area contributed by atoms with E-state index in [0.717, 1.165) is 5.56 Å².